The van der Waals surface area contributed by atoms with Gasteiger partial charge in [-0.1, -0.05) is 15.9 Å². The SMILES string of the molecule is COc1ccc(Br)cc1CNc1ccc2nccnc2c1. The van der Waals surface area contributed by atoms with E-state index in [2.05, 4.69) is 31.2 Å². The summed E-state index contributed by atoms with van der Waals surface area (Å²) in [5.74, 6) is 0.867. The van der Waals surface area contributed by atoms with Crippen LogP contribution >= 0.6 is 15.9 Å². The third kappa shape index (κ3) is 3.13. The number of nitrogens with one attached hydrogen (secondary N) is 1. The van der Waals surface area contributed by atoms with E-state index in [0.29, 0.717) is 6.54 Å². The lowest BCUT2D eigenvalue weighted by Gasteiger charge is -2.11. The molecule has 0 atom stereocenters. The Kier molecular flexibility index (Phi) is 4.01. The number of halogens is 1. The molecule has 1 aromatic heterocycles. The summed E-state index contributed by atoms with van der Waals surface area (Å²) < 4.78 is 6.41. The summed E-state index contributed by atoms with van der Waals surface area (Å²) in [5.41, 5.74) is 3.86. The second-order valence-corrected chi connectivity index (χ2v) is 5.49. The molecule has 0 unspecified atom stereocenters. The highest BCUT2D eigenvalue weighted by Crippen LogP contribution is 2.24. The lowest BCUT2D eigenvalue weighted by molar-refractivity contribution is 0.410. The molecule has 106 valence electrons. The molecule has 3 aromatic rings. The van der Waals surface area contributed by atoms with E-state index in [9.17, 15) is 0 Å². The van der Waals surface area contributed by atoms with Gasteiger partial charge in [0.25, 0.3) is 0 Å². The van der Waals surface area contributed by atoms with E-state index in [1.807, 2.05) is 36.4 Å². The topological polar surface area (TPSA) is 47.0 Å². The monoisotopic (exact) mass is 343 g/mol. The van der Waals surface area contributed by atoms with E-state index in [-0.39, 0.29) is 0 Å². The fraction of sp³-hybridized carbons (Fsp3) is 0.125. The first-order valence-electron chi connectivity index (χ1n) is 6.53. The molecule has 1 heterocycles. The zero-order chi connectivity index (χ0) is 14.7. The molecule has 5 heteroatoms. The Labute approximate surface area is 131 Å². The molecule has 0 saturated heterocycles. The molecule has 0 aliphatic rings. The summed E-state index contributed by atoms with van der Waals surface area (Å²) in [6.45, 7) is 0.675. The fourth-order valence-electron chi connectivity index (χ4n) is 2.16. The highest BCUT2D eigenvalue weighted by Gasteiger charge is 2.04. The van der Waals surface area contributed by atoms with Crippen LogP contribution in [0.15, 0.2) is 53.3 Å². The molecule has 0 radical (unpaired) electrons. The Hall–Kier alpha value is -2.14. The van der Waals surface area contributed by atoms with Gasteiger partial charge in [-0.2, -0.15) is 0 Å². The van der Waals surface area contributed by atoms with Crippen molar-refractivity contribution in [3.63, 3.8) is 0 Å². The van der Waals surface area contributed by atoms with Gasteiger partial charge in [-0.25, -0.2) is 0 Å². The summed E-state index contributed by atoms with van der Waals surface area (Å²) in [6, 6.07) is 11.9. The van der Waals surface area contributed by atoms with Crippen molar-refractivity contribution < 1.29 is 4.74 Å². The largest absolute Gasteiger partial charge is 0.496 e. The van der Waals surface area contributed by atoms with Crippen molar-refractivity contribution >= 4 is 32.7 Å². The van der Waals surface area contributed by atoms with Crippen LogP contribution in [0.2, 0.25) is 0 Å². The van der Waals surface area contributed by atoms with Gasteiger partial charge in [0.2, 0.25) is 0 Å². The van der Waals surface area contributed by atoms with Crippen molar-refractivity contribution in [3.05, 3.63) is 58.8 Å². The first-order chi connectivity index (χ1) is 10.3. The molecule has 0 aliphatic carbocycles. The molecule has 1 N–H and O–H groups in total. The molecule has 4 nitrogen and oxygen atoms in total. The minimum atomic E-state index is 0.675. The quantitative estimate of drug-likeness (QED) is 0.777. The van der Waals surface area contributed by atoms with Gasteiger partial charge in [-0.15, -0.1) is 0 Å². The van der Waals surface area contributed by atoms with Crippen LogP contribution in [0, 0.1) is 0 Å². The Balaban J connectivity index is 1.81. The molecule has 2 aromatic carbocycles. The summed E-state index contributed by atoms with van der Waals surface area (Å²) >= 11 is 3.48. The van der Waals surface area contributed by atoms with Crippen LogP contribution in [0.3, 0.4) is 0 Å². The number of nitrogens with zero attached hydrogens (tertiary/aromatic N) is 2. The average Bonchev–Trinajstić information content (AvgIpc) is 2.53. The lowest BCUT2D eigenvalue weighted by atomic mass is 10.2. The Bertz CT molecular complexity index is 776. The van der Waals surface area contributed by atoms with Gasteiger partial charge in [-0.05, 0) is 36.4 Å². The number of methoxy groups -OCH3 is 1. The van der Waals surface area contributed by atoms with E-state index >= 15 is 0 Å². The number of anilines is 1. The van der Waals surface area contributed by atoms with Gasteiger partial charge in [0.15, 0.2) is 0 Å². The highest BCUT2D eigenvalue weighted by molar-refractivity contribution is 9.10. The molecule has 0 aliphatic heterocycles. The molecular weight excluding hydrogens is 330 g/mol. The maximum atomic E-state index is 5.38. The molecular formula is C16H14BrN3O. The molecule has 0 fully saturated rings. The normalized spacial score (nSPS) is 10.6. The number of fused-ring (bicyclic) bond motifs is 1. The number of aromatic nitrogens is 2. The number of rotatable bonds is 4. The smallest absolute Gasteiger partial charge is 0.123 e. The van der Waals surface area contributed by atoms with E-state index in [0.717, 1.165) is 32.5 Å². The predicted molar refractivity (Wildman–Crippen MR) is 87.6 cm³/mol. The fourth-order valence-corrected chi connectivity index (χ4v) is 2.56. The minimum absolute atomic E-state index is 0.675. The molecule has 21 heavy (non-hydrogen) atoms. The third-order valence-electron chi connectivity index (χ3n) is 3.19. The van der Waals surface area contributed by atoms with Gasteiger partial charge < -0.3 is 10.1 Å². The second kappa shape index (κ2) is 6.10. The summed E-state index contributed by atoms with van der Waals surface area (Å²) in [4.78, 5) is 8.57. The van der Waals surface area contributed by atoms with E-state index in [4.69, 9.17) is 4.74 Å². The lowest BCUT2D eigenvalue weighted by Crippen LogP contribution is -2.02. The van der Waals surface area contributed by atoms with Crippen LogP contribution in [0.5, 0.6) is 5.75 Å². The van der Waals surface area contributed by atoms with Crippen molar-refractivity contribution in [1.29, 1.82) is 0 Å². The highest BCUT2D eigenvalue weighted by atomic mass is 79.9. The number of hydrogen-bond donors (Lipinski definition) is 1. The van der Waals surface area contributed by atoms with E-state index in [1.165, 1.54) is 0 Å². The average molecular weight is 344 g/mol. The van der Waals surface area contributed by atoms with E-state index < -0.39 is 0 Å². The van der Waals surface area contributed by atoms with Crippen LogP contribution in [-0.4, -0.2) is 17.1 Å². The van der Waals surface area contributed by atoms with Gasteiger partial charge in [0.1, 0.15) is 5.75 Å². The van der Waals surface area contributed by atoms with Crippen molar-refractivity contribution in [1.82, 2.24) is 9.97 Å². The van der Waals surface area contributed by atoms with Crippen LogP contribution in [-0.2, 0) is 6.54 Å². The number of hydrogen-bond acceptors (Lipinski definition) is 4. The number of benzene rings is 2. The minimum Gasteiger partial charge on any atom is -0.496 e. The zero-order valence-electron chi connectivity index (χ0n) is 11.5. The van der Waals surface area contributed by atoms with Crippen molar-refractivity contribution in [2.75, 3.05) is 12.4 Å². The van der Waals surface area contributed by atoms with Crippen molar-refractivity contribution in [2.24, 2.45) is 0 Å². The Morgan fingerprint density at radius 1 is 1.05 bits per heavy atom. The molecule has 0 saturated carbocycles. The van der Waals surface area contributed by atoms with Gasteiger partial charge >= 0.3 is 0 Å². The van der Waals surface area contributed by atoms with Crippen molar-refractivity contribution in [3.8, 4) is 5.75 Å². The molecule has 3 rings (SSSR count). The van der Waals surface area contributed by atoms with Crippen LogP contribution in [0.4, 0.5) is 5.69 Å². The number of ether oxygens (including phenoxy) is 1. The van der Waals surface area contributed by atoms with Crippen LogP contribution < -0.4 is 10.1 Å². The first-order valence-corrected chi connectivity index (χ1v) is 7.32. The van der Waals surface area contributed by atoms with Gasteiger partial charge in [0, 0.05) is 34.7 Å². The van der Waals surface area contributed by atoms with Gasteiger partial charge in [-0.3, -0.25) is 9.97 Å². The Morgan fingerprint density at radius 3 is 2.67 bits per heavy atom. The predicted octanol–water partition coefficient (Wildman–Crippen LogP) is 4.01. The summed E-state index contributed by atoms with van der Waals surface area (Å²) in [6.07, 6.45) is 3.39. The molecule has 0 bridgehead atoms. The maximum absolute atomic E-state index is 5.38. The summed E-state index contributed by atoms with van der Waals surface area (Å²) in [7, 11) is 1.68. The van der Waals surface area contributed by atoms with Crippen molar-refractivity contribution in [2.45, 2.75) is 6.54 Å². The van der Waals surface area contributed by atoms with Crippen LogP contribution in [0.1, 0.15) is 5.56 Å². The standard InChI is InChI=1S/C16H14BrN3O/c1-21-16-5-2-12(17)8-11(16)10-20-13-3-4-14-15(9-13)19-7-6-18-14/h2-9,20H,10H2,1H3. The Morgan fingerprint density at radius 2 is 1.86 bits per heavy atom. The molecule has 0 amide bonds. The second-order valence-electron chi connectivity index (χ2n) is 4.57. The first kappa shape index (κ1) is 13.8. The van der Waals surface area contributed by atoms with E-state index in [1.54, 1.807) is 19.5 Å². The maximum Gasteiger partial charge on any atom is 0.123 e. The molecule has 0 spiro atoms. The van der Waals surface area contributed by atoms with Crippen LogP contribution in [0.25, 0.3) is 11.0 Å². The third-order valence-corrected chi connectivity index (χ3v) is 3.69. The van der Waals surface area contributed by atoms with Gasteiger partial charge in [0.05, 0.1) is 18.1 Å². The zero-order valence-corrected chi connectivity index (χ0v) is 13.1. The summed E-state index contributed by atoms with van der Waals surface area (Å²) in [5, 5.41) is 3.39.